The molecule has 2 aromatic rings. The zero-order valence-corrected chi connectivity index (χ0v) is 16.0. The summed E-state index contributed by atoms with van der Waals surface area (Å²) in [7, 11) is 3.12. The fourth-order valence-corrected chi connectivity index (χ4v) is 3.38. The summed E-state index contributed by atoms with van der Waals surface area (Å²) in [6.07, 6.45) is 0. The molecule has 1 N–H and O–H groups in total. The summed E-state index contributed by atoms with van der Waals surface area (Å²) < 4.78 is 10.3. The molecule has 1 aliphatic heterocycles. The van der Waals surface area contributed by atoms with Crippen LogP contribution in [0.2, 0.25) is 0 Å². The van der Waals surface area contributed by atoms with Crippen LogP contribution in [0.3, 0.4) is 0 Å². The van der Waals surface area contributed by atoms with Gasteiger partial charge >= 0.3 is 5.97 Å². The first-order chi connectivity index (χ1) is 13.2. The predicted molar refractivity (Wildman–Crippen MR) is 108 cm³/mol. The number of carbonyl (C=O) groups is 1. The maximum absolute atomic E-state index is 11.8. The van der Waals surface area contributed by atoms with Crippen LogP contribution in [-0.4, -0.2) is 64.4 Å². The Balaban J connectivity index is 1.49. The van der Waals surface area contributed by atoms with Crippen molar-refractivity contribution in [1.29, 1.82) is 0 Å². The molecule has 6 nitrogen and oxygen atoms in total. The van der Waals surface area contributed by atoms with Gasteiger partial charge < -0.3 is 19.7 Å². The minimum atomic E-state index is -0.316. The third-order valence-corrected chi connectivity index (χ3v) is 4.87. The van der Waals surface area contributed by atoms with Crippen LogP contribution in [0, 0.1) is 0 Å². The summed E-state index contributed by atoms with van der Waals surface area (Å²) in [4.78, 5) is 16.6. The van der Waals surface area contributed by atoms with Gasteiger partial charge in [0.15, 0.2) is 0 Å². The van der Waals surface area contributed by atoms with Crippen LogP contribution in [0.5, 0.6) is 5.75 Å². The van der Waals surface area contributed by atoms with Crippen molar-refractivity contribution in [3.05, 3.63) is 54.1 Å². The molecule has 0 saturated carbocycles. The molecular weight excluding hydrogens is 342 g/mol. The Labute approximate surface area is 160 Å². The zero-order chi connectivity index (χ0) is 19.1. The summed E-state index contributed by atoms with van der Waals surface area (Å²) in [6.45, 7) is 5.65. The fraction of sp³-hybridized carbons (Fsp3) is 0.381. The lowest BCUT2D eigenvalue weighted by atomic mass is 10.2. The second-order valence-corrected chi connectivity index (χ2v) is 6.46. The molecule has 1 saturated heterocycles. The largest absolute Gasteiger partial charge is 0.495 e. The number of nitrogens with one attached hydrogen (secondary N) is 1. The molecule has 27 heavy (non-hydrogen) atoms. The van der Waals surface area contributed by atoms with Gasteiger partial charge in [0.2, 0.25) is 0 Å². The quantitative estimate of drug-likeness (QED) is 0.758. The third-order valence-electron chi connectivity index (χ3n) is 4.87. The van der Waals surface area contributed by atoms with Crippen LogP contribution >= 0.6 is 0 Å². The van der Waals surface area contributed by atoms with E-state index in [1.54, 1.807) is 13.2 Å². The molecule has 0 radical (unpaired) electrons. The van der Waals surface area contributed by atoms with E-state index >= 15 is 0 Å². The highest BCUT2D eigenvalue weighted by molar-refractivity contribution is 5.95. The Morgan fingerprint density at radius 1 is 1.00 bits per heavy atom. The van der Waals surface area contributed by atoms with Gasteiger partial charge in [-0.2, -0.15) is 0 Å². The van der Waals surface area contributed by atoms with Crippen LogP contribution in [0.4, 0.5) is 11.4 Å². The molecule has 6 heteroatoms. The van der Waals surface area contributed by atoms with Gasteiger partial charge in [0.1, 0.15) is 5.75 Å². The van der Waals surface area contributed by atoms with Gasteiger partial charge in [0, 0.05) is 45.0 Å². The van der Waals surface area contributed by atoms with Crippen molar-refractivity contribution >= 4 is 17.3 Å². The van der Waals surface area contributed by atoms with Gasteiger partial charge in [-0.3, -0.25) is 4.90 Å². The van der Waals surface area contributed by atoms with Gasteiger partial charge in [0.25, 0.3) is 0 Å². The molecule has 2 aromatic carbocycles. The monoisotopic (exact) mass is 369 g/mol. The van der Waals surface area contributed by atoms with E-state index in [1.165, 1.54) is 7.11 Å². The highest BCUT2D eigenvalue weighted by Crippen LogP contribution is 2.28. The minimum absolute atomic E-state index is 0.316. The number of methoxy groups -OCH3 is 2. The maximum atomic E-state index is 11.8. The molecule has 0 atom stereocenters. The number of hydrogen-bond acceptors (Lipinski definition) is 6. The molecule has 0 amide bonds. The van der Waals surface area contributed by atoms with Crippen molar-refractivity contribution in [2.75, 3.05) is 63.7 Å². The lowest BCUT2D eigenvalue weighted by Crippen LogP contribution is -2.47. The molecule has 1 fully saturated rings. The lowest BCUT2D eigenvalue weighted by Gasteiger charge is -2.36. The fourth-order valence-electron chi connectivity index (χ4n) is 3.38. The topological polar surface area (TPSA) is 54.0 Å². The summed E-state index contributed by atoms with van der Waals surface area (Å²) >= 11 is 0. The average Bonchev–Trinajstić information content (AvgIpc) is 2.74. The van der Waals surface area contributed by atoms with Gasteiger partial charge in [0.05, 0.1) is 25.5 Å². The van der Waals surface area contributed by atoms with Crippen molar-refractivity contribution in [3.63, 3.8) is 0 Å². The van der Waals surface area contributed by atoms with Crippen LogP contribution in [0.15, 0.2) is 48.5 Å². The molecule has 1 aliphatic rings. The summed E-state index contributed by atoms with van der Waals surface area (Å²) in [5.41, 5.74) is 2.54. The number of para-hydroxylation sites is 3. The Kier molecular flexibility index (Phi) is 6.54. The van der Waals surface area contributed by atoms with Crippen LogP contribution in [-0.2, 0) is 4.74 Å². The van der Waals surface area contributed by atoms with E-state index in [-0.39, 0.29) is 5.97 Å². The van der Waals surface area contributed by atoms with Gasteiger partial charge in [-0.1, -0.05) is 24.3 Å². The molecule has 0 unspecified atom stereocenters. The number of carbonyl (C=O) groups excluding carboxylic acids is 1. The first-order valence-corrected chi connectivity index (χ1v) is 9.24. The minimum Gasteiger partial charge on any atom is -0.495 e. The van der Waals surface area contributed by atoms with Crippen molar-refractivity contribution < 1.29 is 14.3 Å². The Morgan fingerprint density at radius 2 is 1.70 bits per heavy atom. The molecular formula is C21H27N3O3. The highest BCUT2D eigenvalue weighted by atomic mass is 16.5. The van der Waals surface area contributed by atoms with E-state index in [0.717, 1.165) is 56.4 Å². The normalized spacial score (nSPS) is 14.7. The Hall–Kier alpha value is -2.73. The number of piperazine rings is 1. The van der Waals surface area contributed by atoms with E-state index in [0.29, 0.717) is 5.56 Å². The zero-order valence-electron chi connectivity index (χ0n) is 16.0. The average molecular weight is 369 g/mol. The second kappa shape index (κ2) is 9.28. The number of nitrogens with zero attached hydrogens (tertiary/aromatic N) is 2. The summed E-state index contributed by atoms with van der Waals surface area (Å²) in [5.74, 6) is 0.607. The number of esters is 1. The Morgan fingerprint density at radius 3 is 2.44 bits per heavy atom. The van der Waals surface area contributed by atoms with Gasteiger partial charge in [-0.05, 0) is 24.3 Å². The number of anilines is 2. The third kappa shape index (κ3) is 4.71. The number of hydrogen-bond donors (Lipinski definition) is 1. The van der Waals surface area contributed by atoms with Crippen molar-refractivity contribution in [2.45, 2.75) is 0 Å². The second-order valence-electron chi connectivity index (χ2n) is 6.46. The summed E-state index contributed by atoms with van der Waals surface area (Å²) in [6, 6.07) is 15.6. The lowest BCUT2D eigenvalue weighted by molar-refractivity contribution is 0.0602. The number of ether oxygens (including phenoxy) is 2. The molecule has 0 aliphatic carbocycles. The van der Waals surface area contributed by atoms with E-state index in [2.05, 4.69) is 21.2 Å². The first-order valence-electron chi connectivity index (χ1n) is 9.24. The van der Waals surface area contributed by atoms with Crippen LogP contribution < -0.4 is 15.0 Å². The maximum Gasteiger partial charge on any atom is 0.339 e. The van der Waals surface area contributed by atoms with Crippen LogP contribution in [0.1, 0.15) is 10.4 Å². The molecule has 1 heterocycles. The van der Waals surface area contributed by atoms with Gasteiger partial charge in [-0.15, -0.1) is 0 Å². The number of rotatable bonds is 7. The molecule has 0 bridgehead atoms. The van der Waals surface area contributed by atoms with E-state index < -0.39 is 0 Å². The van der Waals surface area contributed by atoms with Crippen molar-refractivity contribution in [3.8, 4) is 5.75 Å². The van der Waals surface area contributed by atoms with Crippen molar-refractivity contribution in [1.82, 2.24) is 4.90 Å². The van der Waals surface area contributed by atoms with E-state index in [9.17, 15) is 4.79 Å². The standard InChI is InChI=1S/C21H27N3O3/c1-26-20-10-6-5-9-19(20)24-15-13-23(14-16-24)12-11-22-18-8-4-3-7-17(18)21(25)27-2/h3-10,22H,11-16H2,1-2H3. The predicted octanol–water partition coefficient (Wildman–Crippen LogP) is 2.72. The molecule has 0 aromatic heterocycles. The smallest absolute Gasteiger partial charge is 0.339 e. The molecule has 3 rings (SSSR count). The first kappa shape index (κ1) is 19.0. The van der Waals surface area contributed by atoms with Crippen molar-refractivity contribution in [2.24, 2.45) is 0 Å². The Bertz CT molecular complexity index is 758. The molecule has 144 valence electrons. The van der Waals surface area contributed by atoms with E-state index in [1.807, 2.05) is 36.4 Å². The highest BCUT2D eigenvalue weighted by Gasteiger charge is 2.19. The summed E-state index contributed by atoms with van der Waals surface area (Å²) in [5, 5.41) is 3.36. The molecule has 0 spiro atoms. The SMILES string of the molecule is COC(=O)c1ccccc1NCCN1CCN(c2ccccc2OC)CC1. The van der Waals surface area contributed by atoms with Gasteiger partial charge in [-0.25, -0.2) is 4.79 Å². The van der Waals surface area contributed by atoms with Crippen LogP contribution in [0.25, 0.3) is 0 Å². The number of benzene rings is 2. The van der Waals surface area contributed by atoms with E-state index in [4.69, 9.17) is 9.47 Å².